The molecule has 110 valence electrons. The van der Waals surface area contributed by atoms with Gasteiger partial charge in [-0.25, -0.2) is 0 Å². The maximum absolute atomic E-state index is 12.1. The lowest BCUT2D eigenvalue weighted by molar-refractivity contribution is -0.139. The highest BCUT2D eigenvalue weighted by Crippen LogP contribution is 2.08. The number of hydrogen-bond acceptors (Lipinski definition) is 3. The number of carboxylic acid groups (broad SMARTS) is 1. The van der Waals surface area contributed by atoms with Gasteiger partial charge in [-0.15, -0.1) is 0 Å². The second-order valence-electron chi connectivity index (χ2n) is 4.64. The fraction of sp³-hybridized carbons (Fsp3) is 0.312. The van der Waals surface area contributed by atoms with E-state index in [-0.39, 0.29) is 18.4 Å². The Bertz CT molecular complexity index is 570. The number of hydrogen-bond donors (Lipinski definition) is 1. The van der Waals surface area contributed by atoms with Crippen molar-refractivity contribution < 1.29 is 14.7 Å². The highest BCUT2D eigenvalue weighted by Gasteiger charge is 2.18. The molecule has 1 amide bonds. The van der Waals surface area contributed by atoms with E-state index in [2.05, 4.69) is 0 Å². The smallest absolute Gasteiger partial charge is 0.305 e. The van der Waals surface area contributed by atoms with Gasteiger partial charge in [0.05, 0.1) is 18.1 Å². The first-order chi connectivity index (χ1) is 9.97. The number of carbonyl (C=O) groups is 2. The van der Waals surface area contributed by atoms with Crippen LogP contribution in [0.15, 0.2) is 30.3 Å². The third kappa shape index (κ3) is 5.11. The molecule has 1 atom stereocenters. The minimum Gasteiger partial charge on any atom is -0.481 e. The monoisotopic (exact) mass is 286 g/mol. The summed E-state index contributed by atoms with van der Waals surface area (Å²) in [7, 11) is 0. The maximum atomic E-state index is 12.1. The third-order valence-electron chi connectivity index (χ3n) is 3.08. The minimum atomic E-state index is -0.926. The molecule has 21 heavy (non-hydrogen) atoms. The van der Waals surface area contributed by atoms with Crippen LogP contribution in [0.5, 0.6) is 0 Å². The Kier molecular flexibility index (Phi) is 6.15. The van der Waals surface area contributed by atoms with Gasteiger partial charge >= 0.3 is 5.97 Å². The first-order valence-corrected chi connectivity index (χ1v) is 6.68. The van der Waals surface area contributed by atoms with Gasteiger partial charge in [-0.3, -0.25) is 9.59 Å². The van der Waals surface area contributed by atoms with E-state index >= 15 is 0 Å². The van der Waals surface area contributed by atoms with Crippen LogP contribution < -0.4 is 0 Å². The molecule has 0 saturated carbocycles. The summed E-state index contributed by atoms with van der Waals surface area (Å²) in [6.45, 7) is 3.97. The van der Waals surface area contributed by atoms with E-state index in [1.807, 2.05) is 13.0 Å². The number of carbonyl (C=O) groups excluding carboxylic acids is 1. The van der Waals surface area contributed by atoms with Gasteiger partial charge in [-0.2, -0.15) is 5.26 Å². The Morgan fingerprint density at radius 3 is 2.48 bits per heavy atom. The lowest BCUT2D eigenvalue weighted by Crippen LogP contribution is -2.38. The molecular formula is C16H18N2O3. The van der Waals surface area contributed by atoms with Crippen LogP contribution in [0.1, 0.15) is 31.4 Å². The van der Waals surface area contributed by atoms with Crippen LogP contribution in [-0.4, -0.2) is 34.5 Å². The van der Waals surface area contributed by atoms with Gasteiger partial charge in [0.25, 0.3) is 0 Å². The van der Waals surface area contributed by atoms with Crippen molar-refractivity contribution >= 4 is 18.0 Å². The van der Waals surface area contributed by atoms with Gasteiger partial charge < -0.3 is 10.0 Å². The molecule has 5 heteroatoms. The summed E-state index contributed by atoms with van der Waals surface area (Å²) in [6.07, 6.45) is 2.99. The van der Waals surface area contributed by atoms with E-state index in [1.54, 1.807) is 37.3 Å². The topological polar surface area (TPSA) is 81.4 Å². The van der Waals surface area contributed by atoms with Crippen molar-refractivity contribution in [3.8, 4) is 6.07 Å². The van der Waals surface area contributed by atoms with Crippen molar-refractivity contribution in [3.63, 3.8) is 0 Å². The molecule has 0 fully saturated rings. The van der Waals surface area contributed by atoms with Crippen LogP contribution >= 0.6 is 0 Å². The molecule has 0 radical (unpaired) electrons. The molecule has 1 rings (SSSR count). The summed E-state index contributed by atoms with van der Waals surface area (Å²) < 4.78 is 0. The molecule has 1 unspecified atom stereocenters. The van der Waals surface area contributed by atoms with E-state index in [4.69, 9.17) is 10.4 Å². The lowest BCUT2D eigenvalue weighted by atomic mass is 10.1. The number of rotatable bonds is 6. The molecule has 1 aromatic rings. The van der Waals surface area contributed by atoms with Gasteiger partial charge in [0.15, 0.2) is 0 Å². The Labute approximate surface area is 124 Å². The second kappa shape index (κ2) is 7.85. The SMILES string of the molecule is CCN(C(=O)C=Cc1ccc(C#N)cc1)C(C)CC(=O)O. The van der Waals surface area contributed by atoms with Crippen molar-refractivity contribution in [2.75, 3.05) is 6.54 Å². The maximum Gasteiger partial charge on any atom is 0.305 e. The largest absolute Gasteiger partial charge is 0.481 e. The third-order valence-corrected chi connectivity index (χ3v) is 3.08. The van der Waals surface area contributed by atoms with Crippen molar-refractivity contribution in [3.05, 3.63) is 41.5 Å². The van der Waals surface area contributed by atoms with Crippen LogP contribution in [0.3, 0.4) is 0 Å². The van der Waals surface area contributed by atoms with Crippen LogP contribution in [0.2, 0.25) is 0 Å². The Morgan fingerprint density at radius 1 is 1.38 bits per heavy atom. The molecule has 0 spiro atoms. The molecule has 0 aliphatic rings. The van der Waals surface area contributed by atoms with Crippen LogP contribution in [0, 0.1) is 11.3 Å². The van der Waals surface area contributed by atoms with Crippen molar-refractivity contribution in [1.82, 2.24) is 4.90 Å². The first-order valence-electron chi connectivity index (χ1n) is 6.68. The zero-order chi connectivity index (χ0) is 15.8. The van der Waals surface area contributed by atoms with Gasteiger partial charge in [-0.1, -0.05) is 12.1 Å². The summed E-state index contributed by atoms with van der Waals surface area (Å²) in [5, 5.41) is 17.5. The van der Waals surface area contributed by atoms with E-state index < -0.39 is 5.97 Å². The minimum absolute atomic E-state index is 0.0791. The van der Waals surface area contributed by atoms with Gasteiger partial charge in [0, 0.05) is 18.7 Å². The Balaban J connectivity index is 2.74. The zero-order valence-electron chi connectivity index (χ0n) is 12.1. The number of nitrogens with zero attached hydrogens (tertiary/aromatic N) is 2. The van der Waals surface area contributed by atoms with Gasteiger partial charge in [0.2, 0.25) is 5.91 Å². The fourth-order valence-electron chi connectivity index (χ4n) is 1.98. The molecule has 0 heterocycles. The Hall–Kier alpha value is -2.61. The quantitative estimate of drug-likeness (QED) is 0.813. The number of amides is 1. The van der Waals surface area contributed by atoms with E-state index in [9.17, 15) is 9.59 Å². The molecular weight excluding hydrogens is 268 g/mol. The van der Waals surface area contributed by atoms with Crippen molar-refractivity contribution in [2.24, 2.45) is 0 Å². The number of likely N-dealkylation sites (N-methyl/N-ethyl adjacent to an activating group) is 1. The highest BCUT2D eigenvalue weighted by molar-refractivity contribution is 5.92. The average Bonchev–Trinajstić information content (AvgIpc) is 2.45. The summed E-state index contributed by atoms with van der Waals surface area (Å²) in [4.78, 5) is 24.3. The predicted molar refractivity (Wildman–Crippen MR) is 79.3 cm³/mol. The molecule has 1 N–H and O–H groups in total. The zero-order valence-corrected chi connectivity index (χ0v) is 12.1. The molecule has 0 aliphatic heterocycles. The number of benzene rings is 1. The molecule has 0 aromatic heterocycles. The summed E-state index contributed by atoms with van der Waals surface area (Å²) in [5.74, 6) is -1.15. The van der Waals surface area contributed by atoms with Crippen molar-refractivity contribution in [1.29, 1.82) is 5.26 Å². The van der Waals surface area contributed by atoms with Gasteiger partial charge in [-0.05, 0) is 37.6 Å². The molecule has 5 nitrogen and oxygen atoms in total. The number of nitriles is 1. The lowest BCUT2D eigenvalue weighted by Gasteiger charge is -2.25. The summed E-state index contributed by atoms with van der Waals surface area (Å²) in [6, 6.07) is 8.52. The second-order valence-corrected chi connectivity index (χ2v) is 4.64. The van der Waals surface area contributed by atoms with E-state index in [0.717, 1.165) is 5.56 Å². The molecule has 0 saturated heterocycles. The van der Waals surface area contributed by atoms with Crippen LogP contribution in [-0.2, 0) is 9.59 Å². The van der Waals surface area contributed by atoms with Crippen LogP contribution in [0.25, 0.3) is 6.08 Å². The highest BCUT2D eigenvalue weighted by atomic mass is 16.4. The Morgan fingerprint density at radius 2 is 2.00 bits per heavy atom. The average molecular weight is 286 g/mol. The molecule has 0 bridgehead atoms. The van der Waals surface area contributed by atoms with Crippen molar-refractivity contribution in [2.45, 2.75) is 26.3 Å². The first kappa shape index (κ1) is 16.4. The number of carboxylic acids is 1. The summed E-state index contributed by atoms with van der Waals surface area (Å²) in [5.41, 5.74) is 1.37. The molecule has 1 aromatic carbocycles. The van der Waals surface area contributed by atoms with Gasteiger partial charge in [0.1, 0.15) is 0 Å². The van der Waals surface area contributed by atoms with Crippen LogP contribution in [0.4, 0.5) is 0 Å². The number of aliphatic carboxylic acids is 1. The predicted octanol–water partition coefficient (Wildman–Crippen LogP) is 2.28. The summed E-state index contributed by atoms with van der Waals surface area (Å²) >= 11 is 0. The van der Waals surface area contributed by atoms with E-state index in [0.29, 0.717) is 12.1 Å². The fourth-order valence-corrected chi connectivity index (χ4v) is 1.98. The van der Waals surface area contributed by atoms with E-state index in [1.165, 1.54) is 11.0 Å². The normalized spacial score (nSPS) is 11.9. The molecule has 0 aliphatic carbocycles. The standard InChI is InChI=1S/C16H18N2O3/c1-3-18(12(2)10-16(20)21)15(19)9-8-13-4-6-14(11-17)7-5-13/h4-9,12H,3,10H2,1-2H3,(H,20,21).